The Morgan fingerprint density at radius 3 is 2.58 bits per heavy atom. The van der Waals surface area contributed by atoms with Crippen LogP contribution in [-0.2, 0) is 16.2 Å². The van der Waals surface area contributed by atoms with Crippen molar-refractivity contribution in [2.45, 2.75) is 19.4 Å². The molecule has 0 atom stereocenters. The maximum absolute atomic E-state index is 12.0. The summed E-state index contributed by atoms with van der Waals surface area (Å²) < 4.78 is 5.85. The smallest absolute Gasteiger partial charge is 0.240 e. The van der Waals surface area contributed by atoms with E-state index in [2.05, 4.69) is 21.9 Å². The van der Waals surface area contributed by atoms with E-state index < -0.39 is 5.91 Å². The minimum absolute atomic E-state index is 0.00582. The zero-order valence-electron chi connectivity index (χ0n) is 17.6. The van der Waals surface area contributed by atoms with Gasteiger partial charge in [0.05, 0.1) is 17.8 Å². The molecule has 0 fully saturated rings. The lowest BCUT2D eigenvalue weighted by molar-refractivity contribution is -0.124. The molecule has 0 bridgehead atoms. The van der Waals surface area contributed by atoms with Gasteiger partial charge in [-0.25, -0.2) is 5.43 Å². The van der Waals surface area contributed by atoms with Crippen LogP contribution in [0.1, 0.15) is 29.5 Å². The number of nitrogens with one attached hydrogen (secondary N) is 2. The third-order valence-corrected chi connectivity index (χ3v) is 4.76. The quantitative estimate of drug-likeness (QED) is 0.358. The van der Waals surface area contributed by atoms with Crippen LogP contribution in [0, 0.1) is 11.3 Å². The lowest BCUT2D eigenvalue weighted by Gasteiger charge is -2.10. The van der Waals surface area contributed by atoms with Gasteiger partial charge in [0, 0.05) is 34.7 Å². The van der Waals surface area contributed by atoms with Gasteiger partial charge in [0.25, 0.3) is 0 Å². The van der Waals surface area contributed by atoms with Crippen molar-refractivity contribution in [3.05, 3.63) is 94.5 Å². The molecule has 0 aliphatic rings. The van der Waals surface area contributed by atoms with Gasteiger partial charge in [0.15, 0.2) is 0 Å². The fourth-order valence-corrected chi connectivity index (χ4v) is 3.07. The summed E-state index contributed by atoms with van der Waals surface area (Å²) in [5.74, 6) is -0.134. The molecule has 0 saturated heterocycles. The number of halogens is 1. The first-order chi connectivity index (χ1) is 16.0. The maximum Gasteiger partial charge on any atom is 0.240 e. The second kappa shape index (κ2) is 12.0. The molecule has 3 aromatic carbocycles. The lowest BCUT2D eigenvalue weighted by Crippen LogP contribution is -2.20. The molecule has 0 heterocycles. The van der Waals surface area contributed by atoms with Crippen LogP contribution in [0.25, 0.3) is 0 Å². The van der Waals surface area contributed by atoms with Crippen LogP contribution in [0.3, 0.4) is 0 Å². The van der Waals surface area contributed by atoms with Crippen molar-refractivity contribution in [2.24, 2.45) is 5.10 Å². The zero-order chi connectivity index (χ0) is 23.5. The van der Waals surface area contributed by atoms with Crippen molar-refractivity contribution in [1.82, 2.24) is 5.43 Å². The number of hydrogen-bond donors (Lipinski definition) is 2. The first-order valence-electron chi connectivity index (χ1n) is 10.1. The van der Waals surface area contributed by atoms with Crippen LogP contribution in [0.15, 0.2) is 77.9 Å². The molecule has 8 heteroatoms. The Morgan fingerprint density at radius 2 is 1.76 bits per heavy atom. The van der Waals surface area contributed by atoms with Gasteiger partial charge in [-0.3, -0.25) is 9.59 Å². The van der Waals surface area contributed by atoms with E-state index in [-0.39, 0.29) is 25.4 Å². The van der Waals surface area contributed by atoms with E-state index in [1.807, 2.05) is 24.3 Å². The molecule has 0 unspecified atom stereocenters. The number of carbonyl (C=O) groups excluding carboxylic acids is 2. The van der Waals surface area contributed by atoms with Gasteiger partial charge < -0.3 is 10.1 Å². The molecule has 0 spiro atoms. The first kappa shape index (κ1) is 23.5. The van der Waals surface area contributed by atoms with Crippen molar-refractivity contribution >= 4 is 35.3 Å². The van der Waals surface area contributed by atoms with Crippen molar-refractivity contribution in [2.75, 3.05) is 5.32 Å². The summed E-state index contributed by atoms with van der Waals surface area (Å²) in [4.78, 5) is 24.0. The number of hydrazone groups is 1. The molecular formula is C25H21ClN4O3. The highest BCUT2D eigenvalue weighted by Crippen LogP contribution is 2.19. The van der Waals surface area contributed by atoms with E-state index >= 15 is 0 Å². The highest BCUT2D eigenvalue weighted by atomic mass is 35.5. The summed E-state index contributed by atoms with van der Waals surface area (Å²) in [6.45, 7) is 0.225. The minimum atomic E-state index is -0.395. The summed E-state index contributed by atoms with van der Waals surface area (Å²) >= 11 is 5.89. The molecular weight excluding hydrogens is 440 g/mol. The molecule has 3 aromatic rings. The summed E-state index contributed by atoms with van der Waals surface area (Å²) in [6.07, 6.45) is 1.45. The van der Waals surface area contributed by atoms with Crippen LogP contribution < -0.4 is 15.5 Å². The van der Waals surface area contributed by atoms with Gasteiger partial charge in [-0.2, -0.15) is 10.4 Å². The van der Waals surface area contributed by atoms with Crippen LogP contribution in [0.4, 0.5) is 5.69 Å². The average molecular weight is 461 g/mol. The minimum Gasteiger partial charge on any atom is -0.488 e. The highest BCUT2D eigenvalue weighted by Gasteiger charge is 2.08. The van der Waals surface area contributed by atoms with Crippen LogP contribution in [0.5, 0.6) is 5.75 Å². The third-order valence-electron chi connectivity index (χ3n) is 4.52. The Kier molecular flexibility index (Phi) is 8.57. The number of nitrogens with zero attached hydrogens (tertiary/aromatic N) is 2. The van der Waals surface area contributed by atoms with E-state index in [1.165, 1.54) is 6.21 Å². The van der Waals surface area contributed by atoms with E-state index in [0.717, 1.165) is 5.56 Å². The van der Waals surface area contributed by atoms with Crippen molar-refractivity contribution in [3.63, 3.8) is 0 Å². The molecule has 3 rings (SSSR count). The molecule has 0 aliphatic heterocycles. The average Bonchev–Trinajstić information content (AvgIpc) is 2.82. The number of hydrogen-bond acceptors (Lipinski definition) is 5. The molecule has 7 nitrogen and oxygen atoms in total. The molecule has 166 valence electrons. The van der Waals surface area contributed by atoms with E-state index in [1.54, 1.807) is 48.5 Å². The number of benzene rings is 3. The second-order valence-electron chi connectivity index (χ2n) is 6.95. The number of ether oxygens (including phenoxy) is 1. The summed E-state index contributed by atoms with van der Waals surface area (Å²) in [5.41, 5.74) is 4.96. The Morgan fingerprint density at radius 1 is 1.00 bits per heavy atom. The molecule has 0 aliphatic carbocycles. The number of carbonyl (C=O) groups is 2. The summed E-state index contributed by atoms with van der Waals surface area (Å²) in [6, 6.07) is 23.3. The number of rotatable bonds is 9. The van der Waals surface area contributed by atoms with Gasteiger partial charge >= 0.3 is 0 Å². The zero-order valence-corrected chi connectivity index (χ0v) is 18.4. The standard InChI is InChI=1S/C25H21ClN4O3/c26-21-9-5-10-22(14-21)29-24(31)12-13-25(32)30-28-16-19-7-3-4-11-23(19)33-17-20-8-2-1-6-18(20)15-27/h1-11,14,16H,12-13,17H2,(H,29,31)(H,30,32). The Labute approximate surface area is 196 Å². The highest BCUT2D eigenvalue weighted by molar-refractivity contribution is 6.30. The second-order valence-corrected chi connectivity index (χ2v) is 7.38. The topological polar surface area (TPSA) is 104 Å². The Bertz CT molecular complexity index is 1200. The van der Waals surface area contributed by atoms with Gasteiger partial charge in [-0.05, 0) is 36.4 Å². The van der Waals surface area contributed by atoms with Crippen LogP contribution in [-0.4, -0.2) is 18.0 Å². The van der Waals surface area contributed by atoms with E-state index in [4.69, 9.17) is 16.3 Å². The molecule has 2 amide bonds. The fraction of sp³-hybridized carbons (Fsp3) is 0.120. The van der Waals surface area contributed by atoms with Gasteiger partial charge in [0.1, 0.15) is 12.4 Å². The normalized spacial score (nSPS) is 10.4. The van der Waals surface area contributed by atoms with Gasteiger partial charge in [0.2, 0.25) is 11.8 Å². The first-order valence-corrected chi connectivity index (χ1v) is 10.5. The van der Waals surface area contributed by atoms with Crippen molar-refractivity contribution < 1.29 is 14.3 Å². The number of anilines is 1. The number of nitriles is 1. The van der Waals surface area contributed by atoms with Crippen LogP contribution in [0.2, 0.25) is 5.02 Å². The summed E-state index contributed by atoms with van der Waals surface area (Å²) in [7, 11) is 0. The monoisotopic (exact) mass is 460 g/mol. The Balaban J connectivity index is 1.49. The fourth-order valence-electron chi connectivity index (χ4n) is 2.88. The van der Waals surface area contributed by atoms with Gasteiger partial charge in [-0.15, -0.1) is 0 Å². The number of amides is 2. The van der Waals surface area contributed by atoms with E-state index in [0.29, 0.717) is 27.6 Å². The summed E-state index contributed by atoms with van der Waals surface area (Å²) in [5, 5.41) is 16.4. The lowest BCUT2D eigenvalue weighted by atomic mass is 10.1. The largest absolute Gasteiger partial charge is 0.488 e. The van der Waals surface area contributed by atoms with Crippen molar-refractivity contribution in [3.8, 4) is 11.8 Å². The molecule has 0 aromatic heterocycles. The van der Waals surface area contributed by atoms with Crippen molar-refractivity contribution in [1.29, 1.82) is 5.26 Å². The molecule has 2 N–H and O–H groups in total. The maximum atomic E-state index is 12.0. The SMILES string of the molecule is N#Cc1ccccc1COc1ccccc1C=NNC(=O)CCC(=O)Nc1cccc(Cl)c1. The molecule has 0 radical (unpaired) electrons. The number of para-hydroxylation sites is 1. The molecule has 33 heavy (non-hydrogen) atoms. The Hall–Kier alpha value is -4.15. The predicted octanol–water partition coefficient (Wildman–Crippen LogP) is 4.66. The van der Waals surface area contributed by atoms with E-state index in [9.17, 15) is 14.9 Å². The van der Waals surface area contributed by atoms with Gasteiger partial charge in [-0.1, -0.05) is 48.0 Å². The molecule has 0 saturated carbocycles. The predicted molar refractivity (Wildman–Crippen MR) is 127 cm³/mol. The van der Waals surface area contributed by atoms with Crippen LogP contribution >= 0.6 is 11.6 Å². The third kappa shape index (κ3) is 7.49.